The van der Waals surface area contributed by atoms with Crippen LogP contribution in [0.1, 0.15) is 43.2 Å². The molecule has 5 aliphatic rings. The van der Waals surface area contributed by atoms with Crippen LogP contribution in [0.4, 0.5) is 23.4 Å². The van der Waals surface area contributed by atoms with Crippen LogP contribution >= 0.6 is 11.8 Å². The number of aryl methyl sites for hydroxylation is 1. The van der Waals surface area contributed by atoms with Crippen molar-refractivity contribution in [3.05, 3.63) is 47.3 Å². The molecule has 8 nitrogen and oxygen atoms in total. The molecule has 4 aliphatic heterocycles. The van der Waals surface area contributed by atoms with Crippen LogP contribution in [0, 0.1) is 30.5 Å². The Balaban J connectivity index is 1.20. The summed E-state index contributed by atoms with van der Waals surface area (Å²) in [6.07, 6.45) is 11.2. The molecular formula is C38H37F4N5O3S. The quantitative estimate of drug-likeness (QED) is 0.117. The number of anilines is 1. The highest BCUT2D eigenvalue weighted by Crippen LogP contribution is 2.50. The van der Waals surface area contributed by atoms with E-state index in [1.807, 2.05) is 4.90 Å². The van der Waals surface area contributed by atoms with Crippen molar-refractivity contribution in [1.29, 1.82) is 0 Å². The Morgan fingerprint density at radius 1 is 1.14 bits per heavy atom. The molecule has 2 N–H and O–H groups in total. The molecule has 51 heavy (non-hydrogen) atoms. The number of aromatic nitrogens is 2. The van der Waals surface area contributed by atoms with Crippen molar-refractivity contribution in [3.8, 4) is 35.2 Å². The summed E-state index contributed by atoms with van der Waals surface area (Å²) >= 11 is -0.406. The molecule has 4 bridgehead atoms. The summed E-state index contributed by atoms with van der Waals surface area (Å²) < 4.78 is 72.4. The number of morpholine rings is 1. The molecule has 4 saturated heterocycles. The number of nitrogens with one attached hydrogen (secondary N) is 1. The summed E-state index contributed by atoms with van der Waals surface area (Å²) in [4.78, 5) is 13.5. The molecule has 5 heterocycles. The highest BCUT2D eigenvalue weighted by molar-refractivity contribution is 8.00. The lowest BCUT2D eigenvalue weighted by atomic mass is 9.91. The van der Waals surface area contributed by atoms with Crippen LogP contribution in [0.5, 0.6) is 11.8 Å². The Labute approximate surface area is 296 Å². The molecule has 4 aromatic rings. The van der Waals surface area contributed by atoms with Crippen LogP contribution in [0.3, 0.4) is 0 Å². The van der Waals surface area contributed by atoms with Crippen molar-refractivity contribution in [2.24, 2.45) is 5.41 Å². The molecule has 0 radical (unpaired) electrons. The third-order valence-electron chi connectivity index (χ3n) is 11.3. The normalized spacial score (nSPS) is 25.2. The Morgan fingerprint density at radius 3 is 2.59 bits per heavy atom. The summed E-state index contributed by atoms with van der Waals surface area (Å²) in [6, 6.07) is 8.33. The maximum absolute atomic E-state index is 17.4. The monoisotopic (exact) mass is 719 g/mol. The maximum Gasteiger partial charge on any atom is 0.446 e. The third kappa shape index (κ3) is 6.04. The number of aromatic hydroxyl groups is 1. The highest BCUT2D eigenvalue weighted by Gasteiger charge is 2.49. The van der Waals surface area contributed by atoms with E-state index in [4.69, 9.17) is 20.9 Å². The number of hydrogen-bond acceptors (Lipinski definition) is 9. The second-order valence-electron chi connectivity index (χ2n) is 14.9. The van der Waals surface area contributed by atoms with Gasteiger partial charge in [-0.15, -0.1) is 6.42 Å². The largest absolute Gasteiger partial charge is 0.508 e. The Kier molecular flexibility index (Phi) is 7.85. The predicted octanol–water partition coefficient (Wildman–Crippen LogP) is 6.77. The molecular weight excluding hydrogens is 683 g/mol. The fraction of sp³-hybridized carbons (Fsp3) is 0.474. The zero-order valence-corrected chi connectivity index (χ0v) is 28.8. The standard InChI is InChI=1S/C38H37F4N5O3S/c1-3-27-20(2)4-5-21-10-25(48)12-28(31(21)27)32-30(51-38(40,41)42)13-29-34(33(32)39)44-36(45-35(29)46-14-22-6-7-23(15-46)43-22)50-19-37(8-9-37)18-47-16-26-11-24(47)17-49-26/h1,4-5,10,12-13,22-24,26,43,48H,6-9,11,14-19H2,2H3/t22?,23?,24-,26-/m0/s1. The number of halogens is 4. The molecule has 9 rings (SSSR count). The number of ether oxygens (including phenoxy) is 2. The second kappa shape index (κ2) is 12.1. The minimum atomic E-state index is -4.75. The van der Waals surface area contributed by atoms with E-state index in [2.05, 4.69) is 21.1 Å². The van der Waals surface area contributed by atoms with Crippen molar-refractivity contribution >= 4 is 39.3 Å². The molecule has 4 atom stereocenters. The number of nitrogens with zero attached hydrogens (tertiary/aromatic N) is 4. The number of rotatable bonds is 8. The number of hydrogen-bond donors (Lipinski definition) is 2. The van der Waals surface area contributed by atoms with E-state index in [1.54, 1.807) is 19.1 Å². The summed E-state index contributed by atoms with van der Waals surface area (Å²) in [5.74, 6) is 1.79. The first kappa shape index (κ1) is 33.0. The van der Waals surface area contributed by atoms with Crippen molar-refractivity contribution < 1.29 is 32.1 Å². The van der Waals surface area contributed by atoms with E-state index in [-0.39, 0.29) is 62.3 Å². The highest BCUT2D eigenvalue weighted by atomic mass is 32.2. The lowest BCUT2D eigenvalue weighted by Crippen LogP contribution is -2.51. The number of alkyl halides is 3. The molecule has 5 fully saturated rings. The third-order valence-corrected chi connectivity index (χ3v) is 12.1. The number of likely N-dealkylation sites (tertiary alicyclic amines) is 1. The average molecular weight is 720 g/mol. The van der Waals surface area contributed by atoms with Crippen LogP contribution in [-0.4, -0.2) is 89.1 Å². The SMILES string of the molecule is C#Cc1c(C)ccc2cc(O)cc(-c3c(SC(F)(F)F)cc4c(N5CC6CCC(C5)N6)nc(OCC5(CN6C[C@@H]7C[C@H]6CO7)CC5)nc4c3F)c12. The smallest absolute Gasteiger partial charge is 0.446 e. The van der Waals surface area contributed by atoms with Crippen molar-refractivity contribution in [3.63, 3.8) is 0 Å². The number of terminal acetylenes is 1. The maximum atomic E-state index is 17.4. The number of thioether (sulfide) groups is 1. The lowest BCUT2D eigenvalue weighted by molar-refractivity contribution is -0.0328. The molecule has 2 unspecified atom stereocenters. The molecule has 13 heteroatoms. The van der Waals surface area contributed by atoms with Gasteiger partial charge in [-0.05, 0) is 85.5 Å². The Morgan fingerprint density at radius 2 is 1.92 bits per heavy atom. The van der Waals surface area contributed by atoms with Crippen LogP contribution in [0.15, 0.2) is 35.2 Å². The van der Waals surface area contributed by atoms with E-state index in [0.717, 1.165) is 51.8 Å². The summed E-state index contributed by atoms with van der Waals surface area (Å²) in [5, 5.41) is 15.4. The van der Waals surface area contributed by atoms with E-state index in [1.165, 1.54) is 18.2 Å². The fourth-order valence-electron chi connectivity index (χ4n) is 8.68. The predicted molar refractivity (Wildman–Crippen MR) is 188 cm³/mol. The second-order valence-corrected chi connectivity index (χ2v) is 16.0. The van der Waals surface area contributed by atoms with Gasteiger partial charge in [0.15, 0.2) is 5.82 Å². The number of piperazine rings is 1. The molecule has 3 aromatic carbocycles. The molecule has 1 saturated carbocycles. The van der Waals surface area contributed by atoms with E-state index >= 15 is 4.39 Å². The topological polar surface area (TPSA) is 83.0 Å². The van der Waals surface area contributed by atoms with Crippen molar-refractivity contribution in [1.82, 2.24) is 20.2 Å². The van der Waals surface area contributed by atoms with E-state index in [0.29, 0.717) is 53.5 Å². The number of phenolic OH excluding ortho intramolecular Hbond substituents is 1. The molecule has 1 aliphatic carbocycles. The number of benzene rings is 3. The van der Waals surface area contributed by atoms with Gasteiger partial charge in [-0.2, -0.15) is 23.1 Å². The molecule has 266 valence electrons. The van der Waals surface area contributed by atoms with E-state index in [9.17, 15) is 18.3 Å². The number of phenols is 1. The van der Waals surface area contributed by atoms with Crippen LogP contribution in [-0.2, 0) is 4.74 Å². The Hall–Kier alpha value is -3.83. The molecule has 0 amide bonds. The van der Waals surface area contributed by atoms with Gasteiger partial charge in [-0.1, -0.05) is 18.1 Å². The first-order chi connectivity index (χ1) is 24.5. The van der Waals surface area contributed by atoms with Gasteiger partial charge in [-0.3, -0.25) is 4.90 Å². The van der Waals surface area contributed by atoms with Gasteiger partial charge in [0, 0.05) is 76.5 Å². The van der Waals surface area contributed by atoms with Gasteiger partial charge in [0.1, 0.15) is 17.1 Å². The first-order valence-electron chi connectivity index (χ1n) is 17.5. The summed E-state index contributed by atoms with van der Waals surface area (Å²) in [5.41, 5.74) is -4.15. The van der Waals surface area contributed by atoms with Gasteiger partial charge < -0.3 is 24.8 Å². The van der Waals surface area contributed by atoms with E-state index < -0.39 is 23.1 Å². The average Bonchev–Trinajstić information content (AvgIpc) is 3.34. The number of fused-ring (bicyclic) bond motifs is 6. The lowest BCUT2D eigenvalue weighted by Gasteiger charge is -2.34. The van der Waals surface area contributed by atoms with Crippen LogP contribution < -0.4 is 15.0 Å². The van der Waals surface area contributed by atoms with Gasteiger partial charge >= 0.3 is 11.5 Å². The minimum Gasteiger partial charge on any atom is -0.508 e. The molecule has 1 aromatic heterocycles. The Bertz CT molecular complexity index is 2110. The minimum absolute atomic E-state index is 0.0112. The van der Waals surface area contributed by atoms with Gasteiger partial charge in [0.2, 0.25) is 0 Å². The van der Waals surface area contributed by atoms with Crippen LogP contribution in [0.25, 0.3) is 32.8 Å². The van der Waals surface area contributed by atoms with Crippen molar-refractivity contribution in [2.75, 3.05) is 44.3 Å². The van der Waals surface area contributed by atoms with Crippen molar-refractivity contribution in [2.45, 2.75) is 73.7 Å². The fourth-order valence-corrected chi connectivity index (χ4v) is 9.41. The van der Waals surface area contributed by atoms with Gasteiger partial charge in [0.25, 0.3) is 0 Å². The summed E-state index contributed by atoms with van der Waals surface area (Å²) in [7, 11) is 0. The van der Waals surface area contributed by atoms with Crippen LogP contribution in [0.2, 0.25) is 0 Å². The van der Waals surface area contributed by atoms with Gasteiger partial charge in [0.05, 0.1) is 19.3 Å². The van der Waals surface area contributed by atoms with Gasteiger partial charge in [-0.25, -0.2) is 4.39 Å². The first-order valence-corrected chi connectivity index (χ1v) is 18.3. The summed E-state index contributed by atoms with van der Waals surface area (Å²) in [6.45, 7) is 5.79. The molecule has 0 spiro atoms. The zero-order chi connectivity index (χ0) is 35.2. The zero-order valence-electron chi connectivity index (χ0n) is 28.0.